The van der Waals surface area contributed by atoms with E-state index in [4.69, 9.17) is 9.47 Å². The van der Waals surface area contributed by atoms with Crippen molar-refractivity contribution in [1.29, 1.82) is 0 Å². The van der Waals surface area contributed by atoms with Gasteiger partial charge in [0.2, 0.25) is 0 Å². The largest absolute Gasteiger partial charge is 0.348 e. The van der Waals surface area contributed by atoms with Gasteiger partial charge in [0.15, 0.2) is 5.79 Å². The fourth-order valence-corrected chi connectivity index (χ4v) is 3.51. The van der Waals surface area contributed by atoms with Crippen LogP contribution >= 0.6 is 0 Å². The van der Waals surface area contributed by atoms with E-state index in [1.165, 1.54) is 57.8 Å². The molecule has 2 fully saturated rings. The predicted molar refractivity (Wildman–Crippen MR) is 74.6 cm³/mol. The lowest BCUT2D eigenvalue weighted by Crippen LogP contribution is -2.30. The van der Waals surface area contributed by atoms with Crippen LogP contribution in [0.5, 0.6) is 0 Å². The topological polar surface area (TPSA) is 18.5 Å². The van der Waals surface area contributed by atoms with Crippen LogP contribution in [0.2, 0.25) is 0 Å². The first kappa shape index (κ1) is 14.3. The van der Waals surface area contributed by atoms with E-state index >= 15 is 0 Å². The number of unbranched alkanes of at least 4 members (excludes halogenated alkanes) is 2. The first-order valence-electron chi connectivity index (χ1n) is 8.12. The Balaban J connectivity index is 1.67. The fourth-order valence-electron chi connectivity index (χ4n) is 3.51. The van der Waals surface area contributed by atoms with Gasteiger partial charge in [-0.3, -0.25) is 0 Å². The third-order valence-corrected chi connectivity index (χ3v) is 4.62. The van der Waals surface area contributed by atoms with Crippen molar-refractivity contribution in [3.63, 3.8) is 0 Å². The van der Waals surface area contributed by atoms with Crippen LogP contribution in [-0.4, -0.2) is 19.0 Å². The molecule has 1 saturated carbocycles. The molecule has 0 spiro atoms. The van der Waals surface area contributed by atoms with Gasteiger partial charge in [-0.25, -0.2) is 0 Å². The average molecular weight is 254 g/mol. The molecule has 2 nitrogen and oxygen atoms in total. The summed E-state index contributed by atoms with van der Waals surface area (Å²) in [4.78, 5) is 0. The Bertz CT molecular complexity index is 215. The highest BCUT2D eigenvalue weighted by atomic mass is 16.7. The summed E-state index contributed by atoms with van der Waals surface area (Å²) in [5.74, 6) is 0.799. The van der Waals surface area contributed by atoms with Crippen LogP contribution < -0.4 is 0 Å². The number of hydrogen-bond donors (Lipinski definition) is 0. The molecule has 106 valence electrons. The van der Waals surface area contributed by atoms with E-state index in [9.17, 15) is 0 Å². The van der Waals surface area contributed by atoms with Crippen LogP contribution in [0.25, 0.3) is 0 Å². The first-order chi connectivity index (χ1) is 8.85. The number of hydrogen-bond acceptors (Lipinski definition) is 2. The molecule has 1 heterocycles. The van der Waals surface area contributed by atoms with Crippen molar-refractivity contribution in [2.45, 2.75) is 83.3 Å². The molecule has 0 unspecified atom stereocenters. The molecule has 0 atom stereocenters. The normalized spacial score (nSPS) is 23.8. The Morgan fingerprint density at radius 1 is 0.944 bits per heavy atom. The van der Waals surface area contributed by atoms with Crippen LogP contribution in [0.1, 0.15) is 77.6 Å². The summed E-state index contributed by atoms with van der Waals surface area (Å²) in [5, 5.41) is 0. The van der Waals surface area contributed by atoms with E-state index < -0.39 is 0 Å². The second kappa shape index (κ2) is 7.49. The molecule has 2 heteroatoms. The third-order valence-electron chi connectivity index (χ3n) is 4.62. The van der Waals surface area contributed by atoms with Crippen LogP contribution in [0.15, 0.2) is 0 Å². The lowest BCUT2D eigenvalue weighted by Gasteiger charge is -2.28. The van der Waals surface area contributed by atoms with E-state index in [0.717, 1.165) is 32.0 Å². The van der Waals surface area contributed by atoms with Crippen LogP contribution in [-0.2, 0) is 9.47 Å². The van der Waals surface area contributed by atoms with Gasteiger partial charge in [0.25, 0.3) is 0 Å². The predicted octanol–water partition coefficient (Wildman–Crippen LogP) is 4.67. The lowest BCUT2D eigenvalue weighted by atomic mass is 9.96. The fraction of sp³-hybridized carbons (Fsp3) is 1.00. The minimum Gasteiger partial charge on any atom is -0.348 e. The zero-order chi connectivity index (χ0) is 12.7. The molecule has 1 aliphatic heterocycles. The highest BCUT2D eigenvalue weighted by Gasteiger charge is 2.35. The summed E-state index contributed by atoms with van der Waals surface area (Å²) in [6.45, 7) is 3.86. The summed E-state index contributed by atoms with van der Waals surface area (Å²) in [7, 11) is 0. The summed E-state index contributed by atoms with van der Waals surface area (Å²) < 4.78 is 11.9. The first-order valence-corrected chi connectivity index (χ1v) is 8.12. The molecule has 0 aromatic carbocycles. The monoisotopic (exact) mass is 254 g/mol. The van der Waals surface area contributed by atoms with Crippen molar-refractivity contribution in [3.8, 4) is 0 Å². The molecular weight excluding hydrogens is 224 g/mol. The molecule has 0 N–H and O–H groups in total. The molecule has 1 aliphatic carbocycles. The molecule has 0 amide bonds. The van der Waals surface area contributed by atoms with Crippen molar-refractivity contribution in [3.05, 3.63) is 0 Å². The Morgan fingerprint density at radius 3 is 2.28 bits per heavy atom. The molecule has 1 saturated heterocycles. The van der Waals surface area contributed by atoms with Gasteiger partial charge in [-0.05, 0) is 18.8 Å². The molecule has 0 aromatic heterocycles. The van der Waals surface area contributed by atoms with Gasteiger partial charge >= 0.3 is 0 Å². The van der Waals surface area contributed by atoms with Crippen molar-refractivity contribution in [1.82, 2.24) is 0 Å². The van der Waals surface area contributed by atoms with Gasteiger partial charge in [0.05, 0.1) is 13.2 Å². The maximum Gasteiger partial charge on any atom is 0.168 e. The summed E-state index contributed by atoms with van der Waals surface area (Å²) in [6, 6.07) is 0. The Hall–Kier alpha value is -0.0800. The third kappa shape index (κ3) is 4.24. The molecule has 2 rings (SSSR count). The van der Waals surface area contributed by atoms with Gasteiger partial charge in [0, 0.05) is 12.8 Å². The molecular formula is C16H30O2. The molecule has 0 radical (unpaired) electrons. The van der Waals surface area contributed by atoms with E-state index in [0.29, 0.717) is 0 Å². The standard InChI is InChI=1S/C16H30O2/c1-2-3-6-11-16(17-13-14-18-16)12-7-10-15-8-4-5-9-15/h15H,2-14H2,1H3. The van der Waals surface area contributed by atoms with Crippen molar-refractivity contribution < 1.29 is 9.47 Å². The van der Waals surface area contributed by atoms with E-state index in [-0.39, 0.29) is 5.79 Å². The Morgan fingerprint density at radius 2 is 1.61 bits per heavy atom. The second-order valence-electron chi connectivity index (χ2n) is 6.11. The highest BCUT2D eigenvalue weighted by Crippen LogP contribution is 2.34. The van der Waals surface area contributed by atoms with Crippen molar-refractivity contribution in [2.75, 3.05) is 13.2 Å². The SMILES string of the molecule is CCCCCC1(CCCC2CCCC2)OCCO1. The zero-order valence-corrected chi connectivity index (χ0v) is 12.1. The quantitative estimate of drug-likeness (QED) is 0.586. The maximum absolute atomic E-state index is 5.93. The second-order valence-corrected chi connectivity index (χ2v) is 6.11. The Kier molecular flexibility index (Phi) is 5.97. The lowest BCUT2D eigenvalue weighted by molar-refractivity contribution is -0.169. The molecule has 2 aliphatic rings. The van der Waals surface area contributed by atoms with Gasteiger partial charge in [0.1, 0.15) is 0 Å². The smallest absolute Gasteiger partial charge is 0.168 e. The van der Waals surface area contributed by atoms with Gasteiger partial charge < -0.3 is 9.47 Å². The summed E-state index contributed by atoms with van der Waals surface area (Å²) in [5.41, 5.74) is 0. The Labute approximate surface area is 112 Å². The number of rotatable bonds is 8. The van der Waals surface area contributed by atoms with Gasteiger partial charge in [-0.1, -0.05) is 51.9 Å². The average Bonchev–Trinajstić information content (AvgIpc) is 3.02. The van der Waals surface area contributed by atoms with Crippen molar-refractivity contribution in [2.24, 2.45) is 5.92 Å². The molecule has 18 heavy (non-hydrogen) atoms. The minimum absolute atomic E-state index is 0.201. The zero-order valence-electron chi connectivity index (χ0n) is 12.1. The highest BCUT2D eigenvalue weighted by molar-refractivity contribution is 4.76. The van der Waals surface area contributed by atoms with Crippen molar-refractivity contribution >= 4 is 0 Å². The van der Waals surface area contributed by atoms with E-state index in [2.05, 4.69) is 6.92 Å². The van der Waals surface area contributed by atoms with E-state index in [1.54, 1.807) is 0 Å². The van der Waals surface area contributed by atoms with Crippen LogP contribution in [0, 0.1) is 5.92 Å². The minimum atomic E-state index is -0.201. The van der Waals surface area contributed by atoms with Gasteiger partial charge in [-0.15, -0.1) is 0 Å². The van der Waals surface area contributed by atoms with Gasteiger partial charge in [-0.2, -0.15) is 0 Å². The summed E-state index contributed by atoms with van der Waals surface area (Å²) >= 11 is 0. The van der Waals surface area contributed by atoms with E-state index in [1.807, 2.05) is 0 Å². The van der Waals surface area contributed by atoms with Crippen LogP contribution in [0.4, 0.5) is 0 Å². The molecule has 0 aromatic rings. The summed E-state index contributed by atoms with van der Waals surface area (Å²) in [6.07, 6.45) is 14.6. The molecule has 0 bridgehead atoms. The number of ether oxygens (including phenoxy) is 2. The maximum atomic E-state index is 5.93. The van der Waals surface area contributed by atoms with Crippen LogP contribution in [0.3, 0.4) is 0 Å².